The van der Waals surface area contributed by atoms with Crippen LogP contribution in [0.1, 0.15) is 16.8 Å². The fraction of sp³-hybridized carbons (Fsp3) is 0.200. The summed E-state index contributed by atoms with van der Waals surface area (Å²) in [6, 6.07) is 8.15. The smallest absolute Gasteiger partial charge is 0.253 e. The Morgan fingerprint density at radius 3 is 2.71 bits per heavy atom. The molecule has 1 aromatic carbocycles. The first-order valence-electron chi connectivity index (χ1n) is 6.46. The first-order chi connectivity index (χ1) is 9.97. The zero-order valence-electron chi connectivity index (χ0n) is 11.8. The molecule has 0 spiro atoms. The molecule has 0 radical (unpaired) electrons. The maximum absolute atomic E-state index is 13.5. The van der Waals surface area contributed by atoms with E-state index in [1.54, 1.807) is 18.2 Å². The summed E-state index contributed by atoms with van der Waals surface area (Å²) >= 11 is 5.11. The minimum atomic E-state index is -0.383. The van der Waals surface area contributed by atoms with Crippen LogP contribution in [0.15, 0.2) is 35.1 Å². The van der Waals surface area contributed by atoms with Gasteiger partial charge < -0.3 is 15.6 Å². The predicted octanol–water partition coefficient (Wildman–Crippen LogP) is 2.62. The third-order valence-electron chi connectivity index (χ3n) is 3.04. The van der Waals surface area contributed by atoms with Gasteiger partial charge >= 0.3 is 0 Å². The zero-order valence-corrected chi connectivity index (χ0v) is 12.6. The molecule has 21 heavy (non-hydrogen) atoms. The van der Waals surface area contributed by atoms with E-state index in [0.29, 0.717) is 11.3 Å². The lowest BCUT2D eigenvalue weighted by Gasteiger charge is -2.12. The summed E-state index contributed by atoms with van der Waals surface area (Å²) in [5, 5.41) is 5.94. The summed E-state index contributed by atoms with van der Waals surface area (Å²) < 4.78 is 13.5. The molecule has 110 valence electrons. The number of halogens is 1. The number of nitrogens with one attached hydrogen (secondary N) is 3. The summed E-state index contributed by atoms with van der Waals surface area (Å²) in [5.41, 5.74) is 2.46. The first kappa shape index (κ1) is 15.2. The second-order valence-corrected chi connectivity index (χ2v) is 5.14. The van der Waals surface area contributed by atoms with Crippen molar-refractivity contribution < 1.29 is 4.39 Å². The molecule has 4 nitrogen and oxygen atoms in total. The molecule has 2 rings (SSSR count). The van der Waals surface area contributed by atoms with Crippen molar-refractivity contribution in [2.75, 3.05) is 5.32 Å². The highest BCUT2D eigenvalue weighted by atomic mass is 32.1. The number of benzene rings is 1. The van der Waals surface area contributed by atoms with E-state index in [-0.39, 0.29) is 23.0 Å². The molecule has 0 fully saturated rings. The van der Waals surface area contributed by atoms with E-state index >= 15 is 0 Å². The highest BCUT2D eigenvalue weighted by Crippen LogP contribution is 2.12. The molecule has 3 N–H and O–H groups in total. The van der Waals surface area contributed by atoms with Crippen molar-refractivity contribution in [3.8, 4) is 0 Å². The molecule has 1 heterocycles. The van der Waals surface area contributed by atoms with Crippen LogP contribution in [0, 0.1) is 19.7 Å². The molecule has 6 heteroatoms. The maximum atomic E-state index is 13.5. The molecular formula is C15H16FN3OS. The molecule has 2 aromatic rings. The Labute approximate surface area is 127 Å². The van der Waals surface area contributed by atoms with Crippen LogP contribution in [0.3, 0.4) is 0 Å². The number of pyridine rings is 1. The molecular weight excluding hydrogens is 289 g/mol. The van der Waals surface area contributed by atoms with Gasteiger partial charge in [-0.05, 0) is 49.8 Å². The van der Waals surface area contributed by atoms with Gasteiger partial charge in [-0.15, -0.1) is 0 Å². The number of thiocarbonyl (C=S) groups is 1. The lowest BCUT2D eigenvalue weighted by Crippen LogP contribution is -2.31. The van der Waals surface area contributed by atoms with Crippen molar-refractivity contribution in [2.24, 2.45) is 0 Å². The summed E-state index contributed by atoms with van der Waals surface area (Å²) in [4.78, 5) is 14.6. The van der Waals surface area contributed by atoms with Crippen molar-refractivity contribution in [1.82, 2.24) is 10.3 Å². The highest BCUT2D eigenvalue weighted by Gasteiger charge is 2.07. The van der Waals surface area contributed by atoms with Gasteiger partial charge in [0.15, 0.2) is 5.11 Å². The quantitative estimate of drug-likeness (QED) is 0.763. The maximum Gasteiger partial charge on any atom is 0.253 e. The Kier molecular flexibility index (Phi) is 4.70. The summed E-state index contributed by atoms with van der Waals surface area (Å²) in [6.07, 6.45) is 0. The molecule has 0 saturated heterocycles. The van der Waals surface area contributed by atoms with Gasteiger partial charge in [-0.1, -0.05) is 12.1 Å². The standard InChI is InChI=1S/C15H16FN3OS/c1-9-7-10(2)18-14(20)11(9)8-17-15(21)19-13-6-4-3-5-12(13)16/h3-7H,8H2,1-2H3,(H,18,20)(H2,17,19,21). The summed E-state index contributed by atoms with van der Waals surface area (Å²) in [7, 11) is 0. The average molecular weight is 305 g/mol. The van der Waals surface area contributed by atoms with Crippen molar-refractivity contribution in [2.45, 2.75) is 20.4 Å². The minimum absolute atomic E-state index is 0.145. The lowest BCUT2D eigenvalue weighted by molar-refractivity contribution is 0.632. The van der Waals surface area contributed by atoms with Crippen molar-refractivity contribution in [3.05, 3.63) is 63.3 Å². The van der Waals surface area contributed by atoms with Gasteiger partial charge in [0.25, 0.3) is 5.56 Å². The second-order valence-electron chi connectivity index (χ2n) is 4.73. The van der Waals surface area contributed by atoms with Gasteiger partial charge in [-0.2, -0.15) is 0 Å². The van der Waals surface area contributed by atoms with Crippen LogP contribution < -0.4 is 16.2 Å². The average Bonchev–Trinajstić information content (AvgIpc) is 2.40. The molecule has 0 atom stereocenters. The van der Waals surface area contributed by atoms with E-state index in [1.807, 2.05) is 19.9 Å². The van der Waals surface area contributed by atoms with E-state index in [9.17, 15) is 9.18 Å². The molecule has 0 aliphatic rings. The van der Waals surface area contributed by atoms with Crippen LogP contribution in [0.2, 0.25) is 0 Å². The van der Waals surface area contributed by atoms with E-state index in [2.05, 4.69) is 15.6 Å². The molecule has 0 amide bonds. The van der Waals surface area contributed by atoms with E-state index < -0.39 is 0 Å². The van der Waals surface area contributed by atoms with Crippen molar-refractivity contribution >= 4 is 23.0 Å². The van der Waals surface area contributed by atoms with Crippen LogP contribution in [0.4, 0.5) is 10.1 Å². The Balaban J connectivity index is 2.02. The Bertz CT molecular complexity index is 727. The summed E-state index contributed by atoms with van der Waals surface area (Å²) in [6.45, 7) is 3.98. The monoisotopic (exact) mass is 305 g/mol. The molecule has 0 bridgehead atoms. The van der Waals surface area contributed by atoms with Crippen LogP contribution in [0.25, 0.3) is 0 Å². The molecule has 1 aromatic heterocycles. The summed E-state index contributed by atoms with van der Waals surface area (Å²) in [5.74, 6) is -0.383. The molecule has 0 aliphatic heterocycles. The number of rotatable bonds is 3. The number of aromatic nitrogens is 1. The molecule has 0 saturated carbocycles. The van der Waals surface area contributed by atoms with Crippen molar-refractivity contribution in [3.63, 3.8) is 0 Å². The van der Waals surface area contributed by atoms with Crippen LogP contribution in [0.5, 0.6) is 0 Å². The molecule has 0 aliphatic carbocycles. The number of para-hydroxylation sites is 1. The van der Waals surface area contributed by atoms with Gasteiger partial charge in [0.1, 0.15) is 5.82 Å². The first-order valence-corrected chi connectivity index (χ1v) is 6.87. The Morgan fingerprint density at radius 2 is 2.05 bits per heavy atom. The Morgan fingerprint density at radius 1 is 1.33 bits per heavy atom. The van der Waals surface area contributed by atoms with E-state index in [4.69, 9.17) is 12.2 Å². The number of aryl methyl sites for hydroxylation is 2. The third kappa shape index (κ3) is 3.88. The normalized spacial score (nSPS) is 10.2. The minimum Gasteiger partial charge on any atom is -0.358 e. The van der Waals surface area contributed by atoms with Gasteiger partial charge in [0.05, 0.1) is 5.69 Å². The SMILES string of the molecule is Cc1cc(C)c(CNC(=S)Nc2ccccc2F)c(=O)[nH]1. The fourth-order valence-corrected chi connectivity index (χ4v) is 2.18. The van der Waals surface area contributed by atoms with Gasteiger partial charge in [-0.3, -0.25) is 4.79 Å². The number of H-pyrrole nitrogens is 1. The van der Waals surface area contributed by atoms with Crippen LogP contribution >= 0.6 is 12.2 Å². The third-order valence-corrected chi connectivity index (χ3v) is 3.29. The predicted molar refractivity (Wildman–Crippen MR) is 86.0 cm³/mol. The van der Waals surface area contributed by atoms with Crippen LogP contribution in [-0.2, 0) is 6.54 Å². The number of aromatic amines is 1. The largest absolute Gasteiger partial charge is 0.358 e. The zero-order chi connectivity index (χ0) is 15.4. The van der Waals surface area contributed by atoms with Crippen LogP contribution in [-0.4, -0.2) is 10.1 Å². The number of hydrogen-bond donors (Lipinski definition) is 3. The van der Waals surface area contributed by atoms with Gasteiger partial charge in [-0.25, -0.2) is 4.39 Å². The van der Waals surface area contributed by atoms with Crippen molar-refractivity contribution in [1.29, 1.82) is 0 Å². The van der Waals surface area contributed by atoms with E-state index in [0.717, 1.165) is 11.3 Å². The lowest BCUT2D eigenvalue weighted by atomic mass is 10.1. The van der Waals surface area contributed by atoms with E-state index in [1.165, 1.54) is 6.07 Å². The molecule has 0 unspecified atom stereocenters. The highest BCUT2D eigenvalue weighted by molar-refractivity contribution is 7.80. The second kappa shape index (κ2) is 6.49. The Hall–Kier alpha value is -2.21. The van der Waals surface area contributed by atoms with Gasteiger partial charge in [0, 0.05) is 17.8 Å². The fourth-order valence-electron chi connectivity index (χ4n) is 2.00. The number of anilines is 1. The number of hydrogen-bond acceptors (Lipinski definition) is 2. The topological polar surface area (TPSA) is 56.9 Å². The van der Waals surface area contributed by atoms with Gasteiger partial charge in [0.2, 0.25) is 0 Å².